The normalized spacial score (nSPS) is 17.9. The molecule has 5 rings (SSSR count). The van der Waals surface area contributed by atoms with Crippen LogP contribution in [0, 0.1) is 11.3 Å². The van der Waals surface area contributed by atoms with Crippen LogP contribution in [-0.2, 0) is 14.2 Å². The number of rotatable bonds is 2. The molecule has 2 fully saturated rings. The molecule has 3 heterocycles. The van der Waals surface area contributed by atoms with E-state index in [9.17, 15) is 10.1 Å². The number of morpholine rings is 2. The van der Waals surface area contributed by atoms with Gasteiger partial charge in [-0.25, -0.2) is 9.69 Å². The van der Waals surface area contributed by atoms with Crippen molar-refractivity contribution in [3.8, 4) is 6.07 Å². The van der Waals surface area contributed by atoms with Crippen LogP contribution in [0.3, 0.4) is 0 Å². The third-order valence-corrected chi connectivity index (χ3v) is 7.21. The Morgan fingerprint density at radius 2 is 1.54 bits per heavy atom. The van der Waals surface area contributed by atoms with E-state index in [4.69, 9.17) is 14.2 Å². The smallest absolute Gasteiger partial charge is 0.419 e. The molecule has 0 aliphatic carbocycles. The minimum absolute atomic E-state index is 0.449. The zero-order valence-electron chi connectivity index (χ0n) is 20.4. The van der Waals surface area contributed by atoms with Crippen molar-refractivity contribution >= 4 is 40.6 Å². The average molecular weight is 495 g/mol. The molecule has 0 N–H and O–H groups in total. The Morgan fingerprint density at radius 1 is 0.943 bits per heavy atom. The molecule has 0 saturated carbocycles. The summed E-state index contributed by atoms with van der Waals surface area (Å²) in [5.41, 5.74) is 3.14. The van der Waals surface area contributed by atoms with Gasteiger partial charge in [-0.2, -0.15) is 5.26 Å². The molecule has 35 heavy (non-hydrogen) atoms. The first-order valence-corrected chi connectivity index (χ1v) is 12.7. The molecule has 1 amide bonds. The highest BCUT2D eigenvalue weighted by Gasteiger charge is 2.35. The van der Waals surface area contributed by atoms with Gasteiger partial charge in [-0.1, -0.05) is 11.8 Å². The van der Waals surface area contributed by atoms with Gasteiger partial charge in [-0.05, 0) is 51.1 Å². The number of ether oxygens (including phenoxy) is 3. The van der Waals surface area contributed by atoms with Crippen LogP contribution in [0.5, 0.6) is 0 Å². The fourth-order valence-electron chi connectivity index (χ4n) is 4.51. The summed E-state index contributed by atoms with van der Waals surface area (Å²) in [6.07, 6.45) is -0.491. The van der Waals surface area contributed by atoms with E-state index >= 15 is 0 Å². The van der Waals surface area contributed by atoms with Crippen molar-refractivity contribution in [1.29, 1.82) is 5.26 Å². The Bertz CT molecular complexity index is 1160. The molecule has 0 unspecified atom stereocenters. The first kappa shape index (κ1) is 23.8. The van der Waals surface area contributed by atoms with Gasteiger partial charge >= 0.3 is 6.09 Å². The minimum atomic E-state index is -0.670. The summed E-state index contributed by atoms with van der Waals surface area (Å²) in [5.74, 6) is 0. The Morgan fingerprint density at radius 3 is 2.14 bits per heavy atom. The lowest BCUT2D eigenvalue weighted by Gasteiger charge is -2.36. The summed E-state index contributed by atoms with van der Waals surface area (Å²) in [5, 5.41) is 10.1. The largest absolute Gasteiger partial charge is 0.443 e. The quantitative estimate of drug-likeness (QED) is 0.591. The van der Waals surface area contributed by atoms with Gasteiger partial charge in [0.15, 0.2) is 0 Å². The fraction of sp³-hybridized carbons (Fsp3) is 0.462. The molecule has 0 atom stereocenters. The minimum Gasteiger partial charge on any atom is -0.443 e. The SMILES string of the molecule is CC(C)(C)OC(=O)N1c2ccc(N3CCOCC3)cc2Sc2cc(N3CCOCC3)cc(C#N)c21. The topological polar surface area (TPSA) is 78.3 Å². The molecule has 9 heteroatoms. The summed E-state index contributed by atoms with van der Waals surface area (Å²) in [6.45, 7) is 11.4. The van der Waals surface area contributed by atoms with Crippen LogP contribution >= 0.6 is 11.8 Å². The molecule has 8 nitrogen and oxygen atoms in total. The Hall–Kier alpha value is -2.93. The van der Waals surface area contributed by atoms with Crippen LogP contribution in [0.1, 0.15) is 26.3 Å². The van der Waals surface area contributed by atoms with E-state index in [0.717, 1.165) is 53.0 Å². The van der Waals surface area contributed by atoms with Gasteiger partial charge in [0.05, 0.1) is 43.4 Å². The standard InChI is InChI=1S/C26H30N4O4S/c1-26(2,3)34-25(31)30-21-5-4-19(28-6-10-32-11-7-28)15-22(21)35-23-16-20(14-18(17-27)24(23)30)29-8-12-33-13-9-29/h4-5,14-16H,6-13H2,1-3H3. The fourth-order valence-corrected chi connectivity index (χ4v) is 5.67. The van der Waals surface area contributed by atoms with Gasteiger partial charge in [-0.15, -0.1) is 0 Å². The lowest BCUT2D eigenvalue weighted by molar-refractivity contribution is 0.0597. The Kier molecular flexibility index (Phi) is 6.53. The van der Waals surface area contributed by atoms with Crippen LogP contribution in [0.2, 0.25) is 0 Å². The lowest BCUT2D eigenvalue weighted by Crippen LogP contribution is -2.37. The summed E-state index contributed by atoms with van der Waals surface area (Å²) in [4.78, 5) is 21.4. The molecule has 3 aliphatic heterocycles. The summed E-state index contributed by atoms with van der Waals surface area (Å²) in [7, 11) is 0. The molecule has 2 aromatic carbocycles. The van der Waals surface area contributed by atoms with Crippen molar-refractivity contribution in [3.05, 3.63) is 35.9 Å². The second-order valence-electron chi connectivity index (χ2n) is 9.72. The number of anilines is 4. The summed E-state index contributed by atoms with van der Waals surface area (Å²) < 4.78 is 16.8. The maximum atomic E-state index is 13.5. The van der Waals surface area contributed by atoms with Crippen molar-refractivity contribution in [2.45, 2.75) is 36.2 Å². The second kappa shape index (κ2) is 9.61. The predicted octanol–water partition coefficient (Wildman–Crippen LogP) is 4.77. The van der Waals surface area contributed by atoms with Gasteiger partial charge in [0.1, 0.15) is 11.7 Å². The van der Waals surface area contributed by atoms with Crippen molar-refractivity contribution < 1.29 is 19.0 Å². The number of hydrogen-bond donors (Lipinski definition) is 0. The molecule has 2 aromatic rings. The van der Waals surface area contributed by atoms with Crippen LogP contribution in [0.25, 0.3) is 0 Å². The molecule has 0 radical (unpaired) electrons. The summed E-state index contributed by atoms with van der Waals surface area (Å²) in [6, 6.07) is 12.4. The highest BCUT2D eigenvalue weighted by molar-refractivity contribution is 7.99. The molecule has 184 valence electrons. The monoisotopic (exact) mass is 494 g/mol. The zero-order chi connectivity index (χ0) is 24.6. The molecule has 3 aliphatic rings. The van der Waals surface area contributed by atoms with Crippen molar-refractivity contribution in [3.63, 3.8) is 0 Å². The lowest BCUT2D eigenvalue weighted by atomic mass is 10.1. The molecule has 2 saturated heterocycles. The van der Waals surface area contributed by atoms with Crippen molar-refractivity contribution in [2.24, 2.45) is 0 Å². The highest BCUT2D eigenvalue weighted by atomic mass is 32.2. The maximum absolute atomic E-state index is 13.5. The molecular weight excluding hydrogens is 464 g/mol. The van der Waals surface area contributed by atoms with Gasteiger partial charge in [-0.3, -0.25) is 0 Å². The number of nitriles is 1. The second-order valence-corrected chi connectivity index (χ2v) is 10.8. The Labute approximate surface area is 210 Å². The van der Waals surface area contributed by atoms with Crippen LogP contribution in [-0.4, -0.2) is 64.3 Å². The third kappa shape index (κ3) is 4.92. The number of nitrogens with zero attached hydrogens (tertiary/aromatic N) is 4. The average Bonchev–Trinajstić information content (AvgIpc) is 2.86. The van der Waals surface area contributed by atoms with E-state index in [-0.39, 0.29) is 0 Å². The van der Waals surface area contributed by atoms with E-state index in [2.05, 4.69) is 28.0 Å². The van der Waals surface area contributed by atoms with Gasteiger partial charge in [0, 0.05) is 47.3 Å². The van der Waals surface area contributed by atoms with Gasteiger partial charge in [0.25, 0.3) is 0 Å². The maximum Gasteiger partial charge on any atom is 0.419 e. The number of carbonyl (C=O) groups is 1. The number of fused-ring (bicyclic) bond motifs is 2. The third-order valence-electron chi connectivity index (χ3n) is 6.14. The van der Waals surface area contributed by atoms with Crippen LogP contribution in [0.15, 0.2) is 40.1 Å². The van der Waals surface area contributed by atoms with E-state index < -0.39 is 11.7 Å². The van der Waals surface area contributed by atoms with Crippen LogP contribution < -0.4 is 14.7 Å². The number of hydrogen-bond acceptors (Lipinski definition) is 8. The highest BCUT2D eigenvalue weighted by Crippen LogP contribution is 2.52. The van der Waals surface area contributed by atoms with E-state index in [1.54, 1.807) is 16.7 Å². The van der Waals surface area contributed by atoms with Gasteiger partial charge < -0.3 is 24.0 Å². The van der Waals surface area contributed by atoms with Crippen molar-refractivity contribution in [1.82, 2.24) is 0 Å². The molecular formula is C26H30N4O4S. The molecule has 0 bridgehead atoms. The predicted molar refractivity (Wildman–Crippen MR) is 136 cm³/mol. The molecule has 0 aromatic heterocycles. The van der Waals surface area contributed by atoms with E-state index in [0.29, 0.717) is 37.7 Å². The number of amides is 1. The summed E-state index contributed by atoms with van der Waals surface area (Å²) >= 11 is 1.59. The van der Waals surface area contributed by atoms with Crippen molar-refractivity contribution in [2.75, 3.05) is 67.3 Å². The first-order chi connectivity index (χ1) is 16.8. The van der Waals surface area contributed by atoms with E-state index in [1.165, 1.54) is 0 Å². The molecule has 0 spiro atoms. The Balaban J connectivity index is 1.60. The first-order valence-electron chi connectivity index (χ1n) is 11.9. The van der Waals surface area contributed by atoms with E-state index in [1.807, 2.05) is 39.0 Å². The number of benzene rings is 2. The van der Waals surface area contributed by atoms with Gasteiger partial charge in [0.2, 0.25) is 0 Å². The zero-order valence-corrected chi connectivity index (χ0v) is 21.2. The van der Waals surface area contributed by atoms with Crippen LogP contribution in [0.4, 0.5) is 27.5 Å². The number of carbonyl (C=O) groups excluding carboxylic acids is 1.